The van der Waals surface area contributed by atoms with E-state index in [0.29, 0.717) is 5.92 Å². The molecule has 2 radical (unpaired) electrons. The van der Waals surface area contributed by atoms with Crippen LogP contribution in [0, 0.1) is 33.8 Å². The molecule has 1 aliphatic carbocycles. The molecule has 5 heteroatoms. The van der Waals surface area contributed by atoms with Gasteiger partial charge >= 0.3 is 30.2 Å². The van der Waals surface area contributed by atoms with Gasteiger partial charge in [0.2, 0.25) is 0 Å². The Hall–Kier alpha value is -0.310. The third kappa shape index (κ3) is 7.99. The Balaban J connectivity index is -0.000000431. The molecule has 0 nitrogen and oxygen atoms in total. The molecule has 2 aromatic carbocycles. The molecule has 1 aromatic heterocycles. The maximum absolute atomic E-state index is 3.36. The number of thiophene rings is 1. The molecule has 1 heterocycles. The molecule has 1 unspecified atom stereocenters. The summed E-state index contributed by atoms with van der Waals surface area (Å²) in [6.45, 7) is 13.9. The molecule has 1 aliphatic rings. The van der Waals surface area contributed by atoms with Crippen LogP contribution in [0.5, 0.6) is 0 Å². The second-order valence-corrected chi connectivity index (χ2v) is 7.38. The van der Waals surface area contributed by atoms with Gasteiger partial charge in [0.05, 0.1) is 0 Å². The van der Waals surface area contributed by atoms with E-state index >= 15 is 0 Å². The van der Waals surface area contributed by atoms with Crippen molar-refractivity contribution >= 4 is 53.8 Å². The van der Waals surface area contributed by atoms with Crippen molar-refractivity contribution in [1.82, 2.24) is 0 Å². The Morgan fingerprint density at radius 2 is 1.60 bits per heavy atom. The standard InChI is InChI=1S/C14H11S.C9H13.2CH3.2ClH.Si.Zr/c1-10-8-11-4-2-3-5-13(11)14(10)12-6-7-15-9-12;1-6-5-7(2)9(4)8(6)3;;;;;;/h2-9H,1H3;6H,1-4H3;2*1H3;2*1H;;/q4*-1;;;;. The normalized spacial score (nSPS) is 13.7. The van der Waals surface area contributed by atoms with Crippen LogP contribution in [0.25, 0.3) is 21.9 Å². The zero-order chi connectivity index (χ0) is 19.3. The van der Waals surface area contributed by atoms with Gasteiger partial charge in [0, 0.05) is 0 Å². The van der Waals surface area contributed by atoms with Crippen LogP contribution in [0.3, 0.4) is 0 Å². The first-order chi connectivity index (χ1) is 12.5. The van der Waals surface area contributed by atoms with E-state index in [1.54, 1.807) is 11.3 Å². The van der Waals surface area contributed by atoms with Gasteiger partial charge in [-0.2, -0.15) is 22.5 Å². The van der Waals surface area contributed by atoms with E-state index in [-0.39, 0.29) is 39.7 Å². The van der Waals surface area contributed by atoms with Crippen LogP contribution in [0.15, 0.2) is 63.9 Å². The molecule has 0 aliphatic heterocycles. The Bertz CT molecular complexity index is 939. The second-order valence-electron chi connectivity index (χ2n) is 6.60. The molecule has 0 saturated heterocycles. The zero-order valence-corrected chi connectivity index (χ0v) is 24.8. The average Bonchev–Trinajstić information content (AvgIpc) is 3.33. The molecule has 164 valence electrons. The van der Waals surface area contributed by atoms with E-state index in [0.717, 1.165) is 0 Å². The van der Waals surface area contributed by atoms with Gasteiger partial charge in [-0.15, -0.1) is 77.9 Å². The van der Waals surface area contributed by atoms with E-state index in [2.05, 4.69) is 94.7 Å². The van der Waals surface area contributed by atoms with E-state index in [4.69, 9.17) is 0 Å². The minimum atomic E-state index is 0. The van der Waals surface area contributed by atoms with Gasteiger partial charge in [-0.1, -0.05) is 51.3 Å². The topological polar surface area (TPSA) is 0 Å². The molecule has 3 aromatic rings. The number of benzene rings is 1. The van der Waals surface area contributed by atoms with Gasteiger partial charge in [0.15, 0.2) is 0 Å². The van der Waals surface area contributed by atoms with Crippen LogP contribution < -0.4 is 0 Å². The fraction of sp³-hybridized carbons (Fsp3) is 0.240. The second kappa shape index (κ2) is 16.3. The molecule has 0 bridgehead atoms. The molecule has 4 rings (SSSR count). The van der Waals surface area contributed by atoms with Crippen molar-refractivity contribution in [3.8, 4) is 11.1 Å². The molecule has 0 amide bonds. The Morgan fingerprint density at radius 1 is 1.00 bits per heavy atom. The summed E-state index contributed by atoms with van der Waals surface area (Å²) in [6, 6.07) is 13.0. The predicted octanol–water partition coefficient (Wildman–Crippen LogP) is 8.68. The third-order valence-electron chi connectivity index (χ3n) is 5.04. The first-order valence-corrected chi connectivity index (χ1v) is 13.8. The number of fused-ring (bicyclic) bond motifs is 1. The van der Waals surface area contributed by atoms with E-state index in [9.17, 15) is 0 Å². The summed E-state index contributed by atoms with van der Waals surface area (Å²) < 4.78 is 0. The number of hydrogen-bond donors (Lipinski definition) is 0. The van der Waals surface area contributed by atoms with Crippen molar-refractivity contribution in [3.63, 3.8) is 0 Å². The zero-order valence-electron chi connectivity index (χ0n) is 18.9. The summed E-state index contributed by atoms with van der Waals surface area (Å²) in [7, 11) is 0. The number of rotatable bonds is 1. The van der Waals surface area contributed by atoms with Gasteiger partial charge in [0.25, 0.3) is 0 Å². The monoisotopic (exact) mass is 552 g/mol. The van der Waals surface area contributed by atoms with Gasteiger partial charge in [0.1, 0.15) is 0 Å². The van der Waals surface area contributed by atoms with Gasteiger partial charge in [-0.3, -0.25) is 6.08 Å². The summed E-state index contributed by atoms with van der Waals surface area (Å²) in [6.07, 6.45) is 3.36. The summed E-state index contributed by atoms with van der Waals surface area (Å²) in [5, 5.41) is 7.07. The number of aryl methyl sites for hydroxylation is 1. The van der Waals surface area contributed by atoms with Crippen molar-refractivity contribution in [3.05, 3.63) is 90.4 Å². The Kier molecular flexibility index (Phi) is 18.7. The van der Waals surface area contributed by atoms with E-state index < -0.39 is 0 Å². The van der Waals surface area contributed by atoms with Crippen LogP contribution in [-0.4, -0.2) is 6.88 Å². The molecular weight excluding hydrogens is 523 g/mol. The van der Waals surface area contributed by atoms with Crippen LogP contribution in [0.1, 0.15) is 33.3 Å². The molecule has 1 atom stereocenters. The summed E-state index contributed by atoms with van der Waals surface area (Å²) in [5.41, 5.74) is 8.36. The van der Waals surface area contributed by atoms with Crippen molar-refractivity contribution in [2.24, 2.45) is 5.92 Å². The summed E-state index contributed by atoms with van der Waals surface area (Å²) >= 11 is 3.11. The first-order valence-electron chi connectivity index (χ1n) is 8.69. The minimum absolute atomic E-state index is 0. The fourth-order valence-electron chi connectivity index (χ4n) is 3.32. The van der Waals surface area contributed by atoms with Crippen molar-refractivity contribution in [2.75, 3.05) is 0 Å². The van der Waals surface area contributed by atoms with E-state index in [1.165, 1.54) is 67.5 Å². The van der Waals surface area contributed by atoms with Crippen LogP contribution in [0.4, 0.5) is 0 Å². The molecule has 0 N–H and O–H groups in total. The first kappa shape index (κ1) is 34.3. The molecule has 0 fully saturated rings. The van der Waals surface area contributed by atoms with Gasteiger partial charge in [-0.05, 0) is 10.8 Å². The van der Waals surface area contributed by atoms with Crippen molar-refractivity contribution in [1.29, 1.82) is 0 Å². The number of allylic oxidation sites excluding steroid dienone is 4. The van der Waals surface area contributed by atoms with Crippen LogP contribution in [-0.2, 0) is 23.3 Å². The quantitative estimate of drug-likeness (QED) is 0.209. The molecular formula is C25H32Cl2SSiZr-4. The maximum atomic E-state index is 3.36. The molecule has 30 heavy (non-hydrogen) atoms. The fourth-order valence-corrected chi connectivity index (χ4v) is 3.97. The number of halogens is 2. The Morgan fingerprint density at radius 3 is 2.03 bits per heavy atom. The van der Waals surface area contributed by atoms with Crippen molar-refractivity contribution in [2.45, 2.75) is 34.6 Å². The Labute approximate surface area is 217 Å². The summed E-state index contributed by atoms with van der Waals surface area (Å²) in [5.74, 6) is 0.560. The average molecular weight is 555 g/mol. The van der Waals surface area contributed by atoms with E-state index in [1.807, 2.05) is 0 Å². The van der Waals surface area contributed by atoms with Gasteiger partial charge < -0.3 is 14.9 Å². The SMILES string of the molecule is CC1=[C-]C(C)C(C)=C1C.Cc1[cH-]c2ccccc2c1-c1ccsc1.Cl.Cl.[CH3-].[CH3-].[Si]=[Zr]. The molecule has 0 spiro atoms. The summed E-state index contributed by atoms with van der Waals surface area (Å²) in [4.78, 5) is 0. The van der Waals surface area contributed by atoms with Gasteiger partial charge in [-0.25, -0.2) is 5.57 Å². The third-order valence-corrected chi connectivity index (χ3v) is 5.73. The molecule has 0 saturated carbocycles. The predicted molar refractivity (Wildman–Crippen MR) is 141 cm³/mol. The van der Waals surface area contributed by atoms with Crippen molar-refractivity contribution < 1.29 is 23.3 Å². The number of hydrogen-bond acceptors (Lipinski definition) is 1. The van der Waals surface area contributed by atoms with Crippen LogP contribution >= 0.6 is 36.2 Å². The van der Waals surface area contributed by atoms with Crippen LogP contribution in [0.2, 0.25) is 0 Å².